The SMILES string of the molecule is CCCCCC1(CCCCC)O[C@@H]2[C@@H](C=C(C(=O)N3CCC[C@@H]3C(=O)NCCO)C[C@H]2OC(=O)c2ccc(C=CC(=O)N(C)C)cc2)O1. The van der Waals surface area contributed by atoms with E-state index in [0.717, 1.165) is 44.1 Å². The molecule has 4 rings (SSSR count). The molecule has 2 aliphatic heterocycles. The Morgan fingerprint density at radius 3 is 2.35 bits per heavy atom. The largest absolute Gasteiger partial charge is 0.456 e. The molecular weight excluding hydrogens is 614 g/mol. The smallest absolute Gasteiger partial charge is 0.338 e. The van der Waals surface area contributed by atoms with Crippen LogP contribution in [0, 0.1) is 0 Å². The number of aliphatic hydroxyl groups excluding tert-OH is 1. The predicted octanol–water partition coefficient (Wildman–Crippen LogP) is 4.38. The van der Waals surface area contributed by atoms with Gasteiger partial charge in [-0.15, -0.1) is 0 Å². The van der Waals surface area contributed by atoms with E-state index in [1.54, 1.807) is 49.3 Å². The summed E-state index contributed by atoms with van der Waals surface area (Å²) in [6.45, 7) is 4.67. The number of ether oxygens (including phenoxy) is 3. The number of carbonyl (C=O) groups excluding carboxylic acids is 4. The van der Waals surface area contributed by atoms with Gasteiger partial charge in [-0.2, -0.15) is 0 Å². The zero-order valence-electron chi connectivity index (χ0n) is 28.9. The Hall–Kier alpha value is -3.54. The average Bonchev–Trinajstić information content (AvgIpc) is 3.72. The number of esters is 1. The molecule has 0 unspecified atom stereocenters. The second-order valence-corrected chi connectivity index (χ2v) is 13.2. The summed E-state index contributed by atoms with van der Waals surface area (Å²) in [6, 6.07) is 6.15. The molecule has 1 aromatic carbocycles. The zero-order valence-corrected chi connectivity index (χ0v) is 28.9. The average molecular weight is 668 g/mol. The van der Waals surface area contributed by atoms with E-state index in [9.17, 15) is 24.3 Å². The summed E-state index contributed by atoms with van der Waals surface area (Å²) in [7, 11) is 3.35. The maximum atomic E-state index is 14.0. The van der Waals surface area contributed by atoms with Crippen LogP contribution in [0.3, 0.4) is 0 Å². The lowest BCUT2D eigenvalue weighted by Gasteiger charge is -2.33. The molecule has 11 heteroatoms. The van der Waals surface area contributed by atoms with Gasteiger partial charge in [-0.1, -0.05) is 51.7 Å². The number of nitrogens with one attached hydrogen (secondary N) is 1. The van der Waals surface area contributed by atoms with Crippen molar-refractivity contribution in [1.82, 2.24) is 15.1 Å². The number of nitrogens with zero attached hydrogens (tertiary/aromatic N) is 2. The number of hydrogen-bond donors (Lipinski definition) is 2. The summed E-state index contributed by atoms with van der Waals surface area (Å²) in [5, 5.41) is 11.9. The molecule has 2 heterocycles. The number of unbranched alkanes of at least 4 members (excludes halogenated alkanes) is 4. The first-order valence-corrected chi connectivity index (χ1v) is 17.6. The Balaban J connectivity index is 1.58. The highest BCUT2D eigenvalue weighted by Gasteiger charge is 2.53. The minimum absolute atomic E-state index is 0.122. The van der Waals surface area contributed by atoms with Crippen LogP contribution in [0.25, 0.3) is 6.08 Å². The molecule has 11 nitrogen and oxygen atoms in total. The van der Waals surface area contributed by atoms with Gasteiger partial charge in [0, 0.05) is 58.1 Å². The number of likely N-dealkylation sites (N-methyl/N-ethyl adjacent to an activating group) is 1. The topological polar surface area (TPSA) is 135 Å². The first kappa shape index (κ1) is 37.3. The van der Waals surface area contributed by atoms with Gasteiger partial charge >= 0.3 is 5.97 Å². The van der Waals surface area contributed by atoms with Crippen molar-refractivity contribution in [2.45, 2.75) is 115 Å². The minimum atomic E-state index is -0.836. The van der Waals surface area contributed by atoms with Crippen LogP contribution in [0.2, 0.25) is 0 Å². The molecule has 0 bridgehead atoms. The van der Waals surface area contributed by atoms with E-state index in [-0.39, 0.29) is 37.3 Å². The molecule has 2 fully saturated rings. The Kier molecular flexibility index (Phi) is 13.8. The van der Waals surface area contributed by atoms with E-state index in [1.165, 1.54) is 11.0 Å². The summed E-state index contributed by atoms with van der Waals surface area (Å²) >= 11 is 0. The number of rotatable bonds is 16. The number of amides is 3. The Bertz CT molecular complexity index is 1310. The van der Waals surface area contributed by atoms with Gasteiger partial charge in [0.05, 0.1) is 12.2 Å². The summed E-state index contributed by atoms with van der Waals surface area (Å²) in [5.74, 6) is -2.10. The van der Waals surface area contributed by atoms with Gasteiger partial charge in [0.25, 0.3) is 0 Å². The van der Waals surface area contributed by atoms with Crippen LogP contribution in [0.15, 0.2) is 42.0 Å². The van der Waals surface area contributed by atoms with Crippen molar-refractivity contribution in [3.8, 4) is 0 Å². The second kappa shape index (κ2) is 17.7. The van der Waals surface area contributed by atoms with Gasteiger partial charge < -0.3 is 34.4 Å². The third kappa shape index (κ3) is 9.54. The molecular formula is C37H53N3O8. The van der Waals surface area contributed by atoms with Gasteiger partial charge in [0.1, 0.15) is 24.4 Å². The van der Waals surface area contributed by atoms with Crippen molar-refractivity contribution in [3.63, 3.8) is 0 Å². The molecule has 264 valence electrons. The molecule has 0 saturated carbocycles. The van der Waals surface area contributed by atoms with Crippen LogP contribution < -0.4 is 5.32 Å². The fourth-order valence-electron chi connectivity index (χ4n) is 6.61. The van der Waals surface area contributed by atoms with E-state index in [0.29, 0.717) is 43.4 Å². The number of likely N-dealkylation sites (tertiary alicyclic amines) is 1. The number of aliphatic hydroxyl groups is 1. The quantitative estimate of drug-likeness (QED) is 0.151. The van der Waals surface area contributed by atoms with Gasteiger partial charge in [-0.3, -0.25) is 14.4 Å². The van der Waals surface area contributed by atoms with Crippen LogP contribution in [-0.2, 0) is 28.6 Å². The van der Waals surface area contributed by atoms with Crippen LogP contribution in [0.4, 0.5) is 0 Å². The lowest BCUT2D eigenvalue weighted by Crippen LogP contribution is -2.49. The standard InChI is InChI=1S/C37H53N3O8/c1-5-7-9-19-37(20-10-8-6-2)47-31-25-28(35(44)40-22-11-12-29(40)34(43)38-21-23-41)24-30(33(31)48-37)46-36(45)27-16-13-26(14-17-27)15-18-32(42)39(3)4/h13-18,25,29-31,33,41H,5-12,19-24H2,1-4H3,(H,38,43)/t29-,30-,31-,33+/m1/s1. The van der Waals surface area contributed by atoms with Crippen molar-refractivity contribution >= 4 is 29.8 Å². The normalized spacial score (nSPS) is 23.1. The first-order chi connectivity index (χ1) is 23.1. The number of hydrogen-bond acceptors (Lipinski definition) is 8. The fraction of sp³-hybridized carbons (Fsp3) is 0.622. The highest BCUT2D eigenvalue weighted by molar-refractivity contribution is 5.98. The van der Waals surface area contributed by atoms with Gasteiger partial charge in [0.2, 0.25) is 17.7 Å². The van der Waals surface area contributed by atoms with Crippen molar-refractivity contribution in [1.29, 1.82) is 0 Å². The van der Waals surface area contributed by atoms with Crippen molar-refractivity contribution in [2.24, 2.45) is 0 Å². The summed E-state index contributed by atoms with van der Waals surface area (Å²) < 4.78 is 19.6. The molecule has 4 atom stereocenters. The summed E-state index contributed by atoms with van der Waals surface area (Å²) in [6.07, 6.45) is 11.8. The Morgan fingerprint density at radius 1 is 1.04 bits per heavy atom. The minimum Gasteiger partial charge on any atom is -0.456 e. The Labute approximate surface area is 284 Å². The van der Waals surface area contributed by atoms with Crippen molar-refractivity contribution in [3.05, 3.63) is 53.1 Å². The third-order valence-corrected chi connectivity index (χ3v) is 9.27. The van der Waals surface area contributed by atoms with E-state index in [1.807, 2.05) is 6.08 Å². The molecule has 0 aromatic heterocycles. The van der Waals surface area contributed by atoms with Crippen molar-refractivity contribution < 1.29 is 38.5 Å². The molecule has 1 aliphatic carbocycles. The van der Waals surface area contributed by atoms with Crippen molar-refractivity contribution in [2.75, 3.05) is 33.8 Å². The number of benzene rings is 1. The van der Waals surface area contributed by atoms with Crippen LogP contribution in [-0.4, -0.2) is 103 Å². The Morgan fingerprint density at radius 2 is 1.73 bits per heavy atom. The molecule has 2 N–H and O–H groups in total. The third-order valence-electron chi connectivity index (χ3n) is 9.27. The highest BCUT2D eigenvalue weighted by Crippen LogP contribution is 2.43. The lowest BCUT2D eigenvalue weighted by atomic mass is 9.91. The van der Waals surface area contributed by atoms with E-state index >= 15 is 0 Å². The lowest BCUT2D eigenvalue weighted by molar-refractivity contribution is -0.190. The molecule has 0 spiro atoms. The molecule has 48 heavy (non-hydrogen) atoms. The fourth-order valence-corrected chi connectivity index (χ4v) is 6.61. The molecule has 3 aliphatic rings. The number of fused-ring (bicyclic) bond motifs is 1. The predicted molar refractivity (Wildman–Crippen MR) is 182 cm³/mol. The van der Waals surface area contributed by atoms with E-state index in [2.05, 4.69) is 19.2 Å². The molecule has 1 aromatic rings. The van der Waals surface area contributed by atoms with Gasteiger partial charge in [-0.25, -0.2) is 4.79 Å². The first-order valence-electron chi connectivity index (χ1n) is 17.6. The van der Waals surface area contributed by atoms with Crippen LogP contribution in [0.1, 0.15) is 100 Å². The molecule has 3 amide bonds. The summed E-state index contributed by atoms with van der Waals surface area (Å²) in [4.78, 5) is 55.4. The zero-order chi connectivity index (χ0) is 34.7. The molecule has 0 radical (unpaired) electrons. The number of carbonyl (C=O) groups is 4. The highest BCUT2D eigenvalue weighted by atomic mass is 16.8. The van der Waals surface area contributed by atoms with E-state index < -0.39 is 36.1 Å². The second-order valence-electron chi connectivity index (χ2n) is 13.2. The van der Waals surface area contributed by atoms with Crippen LogP contribution >= 0.6 is 0 Å². The summed E-state index contributed by atoms with van der Waals surface area (Å²) in [5.41, 5.74) is 1.53. The maximum absolute atomic E-state index is 14.0. The van der Waals surface area contributed by atoms with E-state index in [4.69, 9.17) is 14.2 Å². The van der Waals surface area contributed by atoms with Gasteiger partial charge in [0.15, 0.2) is 5.79 Å². The molecule has 2 saturated heterocycles. The monoisotopic (exact) mass is 667 g/mol. The van der Waals surface area contributed by atoms with Gasteiger partial charge in [-0.05, 0) is 55.5 Å². The van der Waals surface area contributed by atoms with Crippen LogP contribution in [0.5, 0.6) is 0 Å². The maximum Gasteiger partial charge on any atom is 0.338 e.